The van der Waals surface area contributed by atoms with E-state index < -0.39 is 0 Å². The SMILES string of the molecule is CC(=O)NC(=O)C(C)SCc1ccccc1. The molecule has 86 valence electrons. The van der Waals surface area contributed by atoms with E-state index in [1.165, 1.54) is 24.2 Å². The Morgan fingerprint density at radius 1 is 1.31 bits per heavy atom. The van der Waals surface area contributed by atoms with Gasteiger partial charge in [-0.3, -0.25) is 14.9 Å². The Morgan fingerprint density at radius 2 is 1.94 bits per heavy atom. The van der Waals surface area contributed by atoms with Crippen LogP contribution in [0.25, 0.3) is 0 Å². The molecule has 1 aromatic carbocycles. The summed E-state index contributed by atoms with van der Waals surface area (Å²) in [5.41, 5.74) is 1.18. The Bertz CT molecular complexity index is 365. The molecule has 0 saturated heterocycles. The Labute approximate surface area is 99.6 Å². The van der Waals surface area contributed by atoms with E-state index >= 15 is 0 Å². The van der Waals surface area contributed by atoms with Crippen LogP contribution < -0.4 is 5.32 Å². The first-order valence-corrected chi connectivity index (χ1v) is 6.11. The summed E-state index contributed by atoms with van der Waals surface area (Å²) in [6, 6.07) is 9.93. The lowest BCUT2D eigenvalue weighted by Crippen LogP contribution is -2.34. The predicted molar refractivity (Wildman–Crippen MR) is 66.0 cm³/mol. The summed E-state index contributed by atoms with van der Waals surface area (Å²) in [6.45, 7) is 3.14. The van der Waals surface area contributed by atoms with Gasteiger partial charge in [-0.2, -0.15) is 0 Å². The van der Waals surface area contributed by atoms with Crippen LogP contribution in [-0.2, 0) is 15.3 Å². The summed E-state index contributed by atoms with van der Waals surface area (Å²) >= 11 is 1.52. The molecule has 0 aliphatic rings. The molecule has 0 spiro atoms. The molecule has 0 heterocycles. The van der Waals surface area contributed by atoms with Gasteiger partial charge in [0.05, 0.1) is 5.25 Å². The highest BCUT2D eigenvalue weighted by molar-refractivity contribution is 7.99. The van der Waals surface area contributed by atoms with Crippen LogP contribution in [0.3, 0.4) is 0 Å². The van der Waals surface area contributed by atoms with Crippen molar-refractivity contribution in [2.24, 2.45) is 0 Å². The Morgan fingerprint density at radius 3 is 2.50 bits per heavy atom. The van der Waals surface area contributed by atoms with Gasteiger partial charge in [0.15, 0.2) is 0 Å². The van der Waals surface area contributed by atoms with Gasteiger partial charge in [-0.05, 0) is 12.5 Å². The molecule has 1 unspecified atom stereocenters. The average Bonchev–Trinajstić information content (AvgIpc) is 2.26. The number of amides is 2. The molecule has 0 aliphatic heterocycles. The lowest BCUT2D eigenvalue weighted by atomic mass is 10.2. The highest BCUT2D eigenvalue weighted by Gasteiger charge is 2.14. The maximum Gasteiger partial charge on any atom is 0.239 e. The van der Waals surface area contributed by atoms with Gasteiger partial charge in [-0.25, -0.2) is 0 Å². The van der Waals surface area contributed by atoms with Crippen molar-refractivity contribution in [3.8, 4) is 0 Å². The maximum absolute atomic E-state index is 11.4. The molecule has 0 bridgehead atoms. The standard InChI is InChI=1S/C12H15NO2S/c1-9(12(15)13-10(2)14)16-8-11-6-4-3-5-7-11/h3-7,9H,8H2,1-2H3,(H,13,14,15). The van der Waals surface area contributed by atoms with Crippen molar-refractivity contribution < 1.29 is 9.59 Å². The van der Waals surface area contributed by atoms with E-state index in [1.54, 1.807) is 6.92 Å². The molecule has 0 aromatic heterocycles. The van der Waals surface area contributed by atoms with Gasteiger partial charge in [0.25, 0.3) is 0 Å². The highest BCUT2D eigenvalue weighted by Crippen LogP contribution is 2.17. The smallest absolute Gasteiger partial charge is 0.239 e. The highest BCUT2D eigenvalue weighted by atomic mass is 32.2. The van der Waals surface area contributed by atoms with Crippen LogP contribution in [-0.4, -0.2) is 17.1 Å². The minimum Gasteiger partial charge on any atom is -0.296 e. The number of nitrogens with one attached hydrogen (secondary N) is 1. The summed E-state index contributed by atoms with van der Waals surface area (Å²) < 4.78 is 0. The molecule has 16 heavy (non-hydrogen) atoms. The fourth-order valence-corrected chi connectivity index (χ4v) is 1.99. The second-order valence-electron chi connectivity index (χ2n) is 3.48. The van der Waals surface area contributed by atoms with Crippen molar-refractivity contribution >= 4 is 23.6 Å². The van der Waals surface area contributed by atoms with Crippen LogP contribution >= 0.6 is 11.8 Å². The quantitative estimate of drug-likeness (QED) is 0.871. The molecular formula is C12H15NO2S. The van der Waals surface area contributed by atoms with Gasteiger partial charge in [0.1, 0.15) is 0 Å². The molecule has 2 amide bonds. The van der Waals surface area contributed by atoms with Crippen LogP contribution in [0.15, 0.2) is 30.3 Å². The lowest BCUT2D eigenvalue weighted by molar-refractivity contribution is -0.128. The van der Waals surface area contributed by atoms with Gasteiger partial charge in [-0.15, -0.1) is 11.8 Å². The number of thioether (sulfide) groups is 1. The first kappa shape index (κ1) is 12.8. The lowest BCUT2D eigenvalue weighted by Gasteiger charge is -2.09. The van der Waals surface area contributed by atoms with Crippen LogP contribution in [0.5, 0.6) is 0 Å². The molecule has 1 aromatic rings. The second-order valence-corrected chi connectivity index (χ2v) is 4.81. The third-order valence-electron chi connectivity index (χ3n) is 2.01. The van der Waals surface area contributed by atoms with Gasteiger partial charge >= 0.3 is 0 Å². The monoisotopic (exact) mass is 237 g/mol. The van der Waals surface area contributed by atoms with E-state index in [2.05, 4.69) is 5.32 Å². The molecule has 4 heteroatoms. The van der Waals surface area contributed by atoms with Crippen molar-refractivity contribution in [2.45, 2.75) is 24.9 Å². The molecule has 0 radical (unpaired) electrons. The molecule has 1 atom stereocenters. The number of hydrogen-bond acceptors (Lipinski definition) is 3. The summed E-state index contributed by atoms with van der Waals surface area (Å²) in [7, 11) is 0. The van der Waals surface area contributed by atoms with E-state index in [4.69, 9.17) is 0 Å². The van der Waals surface area contributed by atoms with Crippen molar-refractivity contribution in [1.29, 1.82) is 0 Å². The zero-order chi connectivity index (χ0) is 12.0. The summed E-state index contributed by atoms with van der Waals surface area (Å²) in [5.74, 6) is 0.235. The van der Waals surface area contributed by atoms with Crippen LogP contribution in [0.4, 0.5) is 0 Å². The third-order valence-corrected chi connectivity index (χ3v) is 3.23. The van der Waals surface area contributed by atoms with Gasteiger partial charge in [0, 0.05) is 12.7 Å². The van der Waals surface area contributed by atoms with Gasteiger partial charge in [-0.1, -0.05) is 30.3 Å². The van der Waals surface area contributed by atoms with Crippen molar-refractivity contribution in [3.05, 3.63) is 35.9 Å². The largest absolute Gasteiger partial charge is 0.296 e. The number of hydrogen-bond donors (Lipinski definition) is 1. The predicted octanol–water partition coefficient (Wildman–Crippen LogP) is 1.97. The topological polar surface area (TPSA) is 46.2 Å². The molecule has 3 nitrogen and oxygen atoms in total. The number of carbonyl (C=O) groups excluding carboxylic acids is 2. The van der Waals surface area contributed by atoms with Crippen molar-refractivity contribution in [2.75, 3.05) is 0 Å². The maximum atomic E-state index is 11.4. The Balaban J connectivity index is 2.38. The fraction of sp³-hybridized carbons (Fsp3) is 0.333. The third kappa shape index (κ3) is 4.49. The van der Waals surface area contributed by atoms with Crippen LogP contribution in [0, 0.1) is 0 Å². The first-order chi connectivity index (χ1) is 7.59. The molecule has 1 rings (SSSR count). The normalized spacial score (nSPS) is 11.9. The van der Waals surface area contributed by atoms with E-state index in [1.807, 2.05) is 30.3 Å². The minimum atomic E-state index is -0.308. The van der Waals surface area contributed by atoms with Gasteiger partial charge < -0.3 is 0 Å². The Kier molecular flexibility index (Phi) is 5.05. The number of carbonyl (C=O) groups is 2. The average molecular weight is 237 g/mol. The zero-order valence-corrected chi connectivity index (χ0v) is 10.2. The van der Waals surface area contributed by atoms with Crippen LogP contribution in [0.1, 0.15) is 19.4 Å². The molecule has 0 saturated carbocycles. The molecule has 1 N–H and O–H groups in total. The number of imide groups is 1. The summed E-state index contributed by atoms with van der Waals surface area (Å²) in [5, 5.41) is 2.06. The second kappa shape index (κ2) is 6.33. The number of rotatable bonds is 4. The van der Waals surface area contributed by atoms with E-state index in [9.17, 15) is 9.59 Å². The minimum absolute atomic E-state index is 0.218. The van der Waals surface area contributed by atoms with Crippen molar-refractivity contribution in [1.82, 2.24) is 5.32 Å². The fourth-order valence-electron chi connectivity index (χ4n) is 1.15. The number of benzene rings is 1. The summed E-state index contributed by atoms with van der Waals surface area (Å²) in [6.07, 6.45) is 0. The first-order valence-electron chi connectivity index (χ1n) is 5.06. The molecular weight excluding hydrogens is 222 g/mol. The molecule has 0 aliphatic carbocycles. The zero-order valence-electron chi connectivity index (χ0n) is 9.40. The Hall–Kier alpha value is -1.29. The molecule has 0 fully saturated rings. The van der Waals surface area contributed by atoms with E-state index in [0.717, 1.165) is 5.75 Å². The van der Waals surface area contributed by atoms with Crippen molar-refractivity contribution in [3.63, 3.8) is 0 Å². The van der Waals surface area contributed by atoms with Gasteiger partial charge in [0.2, 0.25) is 11.8 Å². The van der Waals surface area contributed by atoms with E-state index in [-0.39, 0.29) is 17.1 Å². The summed E-state index contributed by atoms with van der Waals surface area (Å²) in [4.78, 5) is 22.1. The van der Waals surface area contributed by atoms with Crippen LogP contribution in [0.2, 0.25) is 0 Å². The van der Waals surface area contributed by atoms with E-state index in [0.29, 0.717) is 0 Å².